The minimum atomic E-state index is -0.769. The van der Waals surface area contributed by atoms with Crippen LogP contribution in [0, 0.1) is 17.7 Å². The number of carbonyl (C=O) groups excluding carboxylic acids is 2. The van der Waals surface area contributed by atoms with E-state index in [0.29, 0.717) is 22.0 Å². The third-order valence-electron chi connectivity index (χ3n) is 4.02. The first-order valence-corrected chi connectivity index (χ1v) is 9.33. The molecule has 2 aromatic rings. The van der Waals surface area contributed by atoms with E-state index in [2.05, 4.69) is 27.8 Å². The number of nitrogens with two attached hydrogens (primary N) is 1. The van der Waals surface area contributed by atoms with E-state index in [1.807, 2.05) is 0 Å². The van der Waals surface area contributed by atoms with Crippen LogP contribution in [-0.4, -0.2) is 31.1 Å². The highest BCUT2D eigenvalue weighted by Crippen LogP contribution is 2.27. The second-order valence-corrected chi connectivity index (χ2v) is 7.14. The third kappa shape index (κ3) is 5.06. The SMILES string of the molecule is NC(=O)Nc1cc(C#Cc2ccccc2F)sc1C(=O)NC1CCCNC1. The van der Waals surface area contributed by atoms with Crippen molar-refractivity contribution in [2.75, 3.05) is 18.4 Å². The van der Waals surface area contributed by atoms with Gasteiger partial charge in [0.1, 0.15) is 10.7 Å². The molecule has 1 unspecified atom stereocenters. The number of amides is 3. The maximum Gasteiger partial charge on any atom is 0.316 e. The standard InChI is InChI=1S/C19H19FN4O2S/c20-15-6-2-1-4-12(15)7-8-14-10-16(24-19(21)26)17(27-14)18(25)23-13-5-3-9-22-11-13/h1-2,4,6,10,13,22H,3,5,9,11H2,(H,23,25)(H3,21,24,26). The number of primary amides is 1. The van der Waals surface area contributed by atoms with Gasteiger partial charge in [0, 0.05) is 12.6 Å². The molecule has 2 heterocycles. The molecule has 6 nitrogen and oxygen atoms in total. The molecule has 1 fully saturated rings. The Hall–Kier alpha value is -2.89. The summed E-state index contributed by atoms with van der Waals surface area (Å²) in [6.45, 7) is 1.64. The Bertz CT molecular complexity index is 910. The van der Waals surface area contributed by atoms with Crippen LogP contribution in [0.2, 0.25) is 0 Å². The molecule has 0 aliphatic carbocycles. The van der Waals surface area contributed by atoms with E-state index in [9.17, 15) is 14.0 Å². The fourth-order valence-electron chi connectivity index (χ4n) is 2.76. The number of rotatable bonds is 3. The fourth-order valence-corrected chi connectivity index (χ4v) is 3.63. The van der Waals surface area contributed by atoms with Crippen LogP contribution >= 0.6 is 11.3 Å². The number of piperidine rings is 1. The molecule has 0 spiro atoms. The molecule has 1 aliphatic heterocycles. The van der Waals surface area contributed by atoms with E-state index in [0.717, 1.165) is 30.7 Å². The van der Waals surface area contributed by atoms with Crippen LogP contribution in [0.1, 0.15) is 33.0 Å². The van der Waals surface area contributed by atoms with E-state index in [1.54, 1.807) is 24.3 Å². The molecule has 8 heteroatoms. The Morgan fingerprint density at radius 1 is 1.30 bits per heavy atom. The van der Waals surface area contributed by atoms with Crippen LogP contribution in [0.4, 0.5) is 14.9 Å². The molecule has 27 heavy (non-hydrogen) atoms. The predicted molar refractivity (Wildman–Crippen MR) is 103 cm³/mol. The Kier molecular flexibility index (Phi) is 6.06. The number of hydrogen-bond donors (Lipinski definition) is 4. The molecule has 1 aliphatic rings. The average molecular weight is 386 g/mol. The first-order valence-electron chi connectivity index (χ1n) is 8.51. The van der Waals surface area contributed by atoms with Crippen molar-refractivity contribution < 1.29 is 14.0 Å². The zero-order chi connectivity index (χ0) is 19.2. The van der Waals surface area contributed by atoms with Crippen molar-refractivity contribution in [1.82, 2.24) is 10.6 Å². The number of benzene rings is 1. The normalized spacial score (nSPS) is 16.1. The average Bonchev–Trinajstić information content (AvgIpc) is 3.04. The van der Waals surface area contributed by atoms with Gasteiger partial charge in [0.25, 0.3) is 5.91 Å². The summed E-state index contributed by atoms with van der Waals surface area (Å²) in [6, 6.07) is 7.01. The summed E-state index contributed by atoms with van der Waals surface area (Å²) in [5.41, 5.74) is 5.76. The Morgan fingerprint density at radius 2 is 2.11 bits per heavy atom. The molecule has 1 aromatic carbocycles. The van der Waals surface area contributed by atoms with Crippen LogP contribution in [0.5, 0.6) is 0 Å². The molecule has 1 saturated heterocycles. The number of nitrogens with one attached hydrogen (secondary N) is 3. The van der Waals surface area contributed by atoms with Gasteiger partial charge in [-0.05, 0) is 37.6 Å². The van der Waals surface area contributed by atoms with Crippen LogP contribution in [0.3, 0.4) is 0 Å². The number of urea groups is 1. The number of hydrogen-bond acceptors (Lipinski definition) is 4. The van der Waals surface area contributed by atoms with Gasteiger partial charge in [-0.3, -0.25) is 4.79 Å². The van der Waals surface area contributed by atoms with Crippen molar-refractivity contribution in [1.29, 1.82) is 0 Å². The van der Waals surface area contributed by atoms with E-state index >= 15 is 0 Å². The molecular weight excluding hydrogens is 367 g/mol. The van der Waals surface area contributed by atoms with Gasteiger partial charge >= 0.3 is 6.03 Å². The number of thiophene rings is 1. The first-order chi connectivity index (χ1) is 13.0. The number of halogens is 1. The van der Waals surface area contributed by atoms with E-state index < -0.39 is 11.8 Å². The van der Waals surface area contributed by atoms with Crippen LogP contribution in [-0.2, 0) is 0 Å². The summed E-state index contributed by atoms with van der Waals surface area (Å²) >= 11 is 1.12. The van der Waals surface area contributed by atoms with Gasteiger partial charge in [0.15, 0.2) is 0 Å². The second-order valence-electron chi connectivity index (χ2n) is 6.09. The Balaban J connectivity index is 1.83. The Morgan fingerprint density at radius 3 is 2.81 bits per heavy atom. The zero-order valence-electron chi connectivity index (χ0n) is 14.5. The van der Waals surface area contributed by atoms with E-state index in [4.69, 9.17) is 5.73 Å². The summed E-state index contributed by atoms with van der Waals surface area (Å²) in [5, 5.41) is 8.63. The van der Waals surface area contributed by atoms with Gasteiger partial charge < -0.3 is 21.7 Å². The summed E-state index contributed by atoms with van der Waals surface area (Å²) in [5.74, 6) is 4.87. The topological polar surface area (TPSA) is 96.2 Å². The summed E-state index contributed by atoms with van der Waals surface area (Å²) in [6.07, 6.45) is 1.88. The predicted octanol–water partition coefficient (Wildman–Crippen LogP) is 2.26. The van der Waals surface area contributed by atoms with Gasteiger partial charge in [-0.1, -0.05) is 24.0 Å². The summed E-state index contributed by atoms with van der Waals surface area (Å²) in [4.78, 5) is 24.7. The third-order valence-corrected chi connectivity index (χ3v) is 5.07. The summed E-state index contributed by atoms with van der Waals surface area (Å²) < 4.78 is 13.7. The monoisotopic (exact) mass is 386 g/mol. The second kappa shape index (κ2) is 8.66. The van der Waals surface area contributed by atoms with Crippen molar-refractivity contribution in [2.45, 2.75) is 18.9 Å². The zero-order valence-corrected chi connectivity index (χ0v) is 15.3. The number of carbonyl (C=O) groups is 2. The lowest BCUT2D eigenvalue weighted by Gasteiger charge is -2.23. The molecule has 1 aromatic heterocycles. The van der Waals surface area contributed by atoms with Crippen molar-refractivity contribution >= 4 is 29.0 Å². The maximum absolute atomic E-state index is 13.7. The molecule has 3 rings (SSSR count). The molecule has 1 atom stereocenters. The van der Waals surface area contributed by atoms with Gasteiger partial charge in [-0.15, -0.1) is 11.3 Å². The molecule has 0 saturated carbocycles. The Labute approximate surface area is 160 Å². The lowest BCUT2D eigenvalue weighted by atomic mass is 10.1. The smallest absolute Gasteiger partial charge is 0.316 e. The van der Waals surface area contributed by atoms with Gasteiger partial charge in [-0.2, -0.15) is 0 Å². The van der Waals surface area contributed by atoms with E-state index in [1.165, 1.54) is 6.07 Å². The van der Waals surface area contributed by atoms with Gasteiger partial charge in [-0.25, -0.2) is 9.18 Å². The highest BCUT2D eigenvalue weighted by molar-refractivity contribution is 7.15. The maximum atomic E-state index is 13.7. The molecule has 0 bridgehead atoms. The molecule has 140 valence electrons. The van der Waals surface area contributed by atoms with Crippen molar-refractivity contribution in [3.63, 3.8) is 0 Å². The highest BCUT2D eigenvalue weighted by Gasteiger charge is 2.21. The van der Waals surface area contributed by atoms with Gasteiger partial charge in [0.2, 0.25) is 0 Å². The fraction of sp³-hybridized carbons (Fsp3) is 0.263. The van der Waals surface area contributed by atoms with Gasteiger partial charge in [0.05, 0.1) is 16.1 Å². The minimum Gasteiger partial charge on any atom is -0.351 e. The molecular formula is C19H19FN4O2S. The molecule has 0 radical (unpaired) electrons. The lowest BCUT2D eigenvalue weighted by Crippen LogP contribution is -2.45. The highest BCUT2D eigenvalue weighted by atomic mass is 32.1. The minimum absolute atomic E-state index is 0.0303. The van der Waals surface area contributed by atoms with Crippen LogP contribution < -0.4 is 21.7 Å². The molecule has 5 N–H and O–H groups in total. The van der Waals surface area contributed by atoms with E-state index in [-0.39, 0.29) is 17.5 Å². The lowest BCUT2D eigenvalue weighted by molar-refractivity contribution is 0.0935. The van der Waals surface area contributed by atoms with Crippen molar-refractivity contribution in [3.8, 4) is 11.8 Å². The quantitative estimate of drug-likeness (QED) is 0.609. The van der Waals surface area contributed by atoms with Crippen molar-refractivity contribution in [2.24, 2.45) is 5.73 Å². The van der Waals surface area contributed by atoms with Crippen molar-refractivity contribution in [3.05, 3.63) is 51.5 Å². The first kappa shape index (κ1) is 18.9. The summed E-state index contributed by atoms with van der Waals surface area (Å²) in [7, 11) is 0. The largest absolute Gasteiger partial charge is 0.351 e. The number of anilines is 1. The van der Waals surface area contributed by atoms with Crippen LogP contribution in [0.25, 0.3) is 0 Å². The molecule has 3 amide bonds. The van der Waals surface area contributed by atoms with Crippen LogP contribution in [0.15, 0.2) is 30.3 Å².